The van der Waals surface area contributed by atoms with Crippen molar-refractivity contribution < 1.29 is 19.4 Å². The Morgan fingerprint density at radius 2 is 1.50 bits per heavy atom. The molecule has 164 valence electrons. The molecule has 1 aliphatic rings. The zero-order chi connectivity index (χ0) is 22.5. The topological polar surface area (TPSA) is 75.6 Å². The van der Waals surface area contributed by atoms with Gasteiger partial charge in [-0.25, -0.2) is 9.59 Å². The molecule has 4 rings (SSSR count). The first kappa shape index (κ1) is 22.0. The SMILES string of the molecule is C[C@H](SCc1ccccc1)[C@H](NC(=O)OCC1c2ccccc2-c2ccccc21)C(=O)O. The zero-order valence-corrected chi connectivity index (χ0v) is 18.5. The van der Waals surface area contributed by atoms with Gasteiger partial charge in [-0.15, -0.1) is 0 Å². The second kappa shape index (κ2) is 9.92. The maximum Gasteiger partial charge on any atom is 0.407 e. The average molecular weight is 448 g/mol. The molecule has 0 spiro atoms. The van der Waals surface area contributed by atoms with Crippen molar-refractivity contribution in [2.45, 2.75) is 29.9 Å². The third-order valence-electron chi connectivity index (χ3n) is 5.71. The summed E-state index contributed by atoms with van der Waals surface area (Å²) in [4.78, 5) is 24.3. The van der Waals surface area contributed by atoms with Crippen LogP contribution in [0.4, 0.5) is 4.79 Å². The summed E-state index contributed by atoms with van der Waals surface area (Å²) in [5.74, 6) is -0.481. The van der Waals surface area contributed by atoms with E-state index in [1.54, 1.807) is 6.92 Å². The number of hydrogen-bond donors (Lipinski definition) is 2. The number of amides is 1. The summed E-state index contributed by atoms with van der Waals surface area (Å²) in [5, 5.41) is 11.9. The molecule has 3 aromatic rings. The van der Waals surface area contributed by atoms with Gasteiger partial charge in [0.1, 0.15) is 12.6 Å². The number of carbonyl (C=O) groups excluding carboxylic acids is 1. The third-order valence-corrected chi connectivity index (χ3v) is 7.01. The van der Waals surface area contributed by atoms with Gasteiger partial charge >= 0.3 is 12.1 Å². The highest BCUT2D eigenvalue weighted by Crippen LogP contribution is 2.44. The first-order valence-electron chi connectivity index (χ1n) is 10.5. The molecule has 0 heterocycles. The molecule has 6 heteroatoms. The van der Waals surface area contributed by atoms with Crippen LogP contribution in [0.5, 0.6) is 0 Å². The largest absolute Gasteiger partial charge is 0.480 e. The standard InChI is InChI=1S/C26H25NO4S/c1-17(32-16-18-9-3-2-4-10-18)24(25(28)29)27-26(30)31-15-23-21-13-7-5-11-19(21)20-12-6-8-14-22(20)23/h2-14,17,23-24H,15-16H2,1H3,(H,27,30)(H,28,29)/t17-,24-/m0/s1. The van der Waals surface area contributed by atoms with Crippen molar-refractivity contribution in [3.63, 3.8) is 0 Å². The molecule has 1 aliphatic carbocycles. The number of aliphatic carboxylic acids is 1. The normalized spacial score (nSPS) is 14.2. The number of hydrogen-bond acceptors (Lipinski definition) is 4. The Bertz CT molecular complexity index is 1060. The second-order valence-electron chi connectivity index (χ2n) is 7.79. The van der Waals surface area contributed by atoms with Crippen molar-refractivity contribution in [2.24, 2.45) is 0 Å². The van der Waals surface area contributed by atoms with Crippen molar-refractivity contribution in [1.29, 1.82) is 0 Å². The van der Waals surface area contributed by atoms with E-state index in [4.69, 9.17) is 4.74 Å². The Morgan fingerprint density at radius 1 is 0.938 bits per heavy atom. The molecule has 0 unspecified atom stereocenters. The van der Waals surface area contributed by atoms with Crippen LogP contribution < -0.4 is 5.32 Å². The lowest BCUT2D eigenvalue weighted by atomic mass is 9.98. The van der Waals surface area contributed by atoms with E-state index in [1.807, 2.05) is 66.7 Å². The van der Waals surface area contributed by atoms with E-state index in [0.717, 1.165) is 27.8 Å². The van der Waals surface area contributed by atoms with Crippen molar-refractivity contribution in [3.05, 3.63) is 95.6 Å². The van der Waals surface area contributed by atoms with Gasteiger partial charge in [-0.2, -0.15) is 11.8 Å². The van der Waals surface area contributed by atoms with Gasteiger partial charge in [-0.1, -0.05) is 85.8 Å². The lowest BCUT2D eigenvalue weighted by molar-refractivity contribution is -0.139. The number of alkyl carbamates (subject to hydrolysis) is 1. The molecular formula is C26H25NO4S. The van der Waals surface area contributed by atoms with Crippen LogP contribution in [0.1, 0.15) is 29.5 Å². The molecular weight excluding hydrogens is 422 g/mol. The van der Waals surface area contributed by atoms with Crippen LogP contribution in [-0.4, -0.2) is 35.1 Å². The molecule has 0 fully saturated rings. The summed E-state index contributed by atoms with van der Waals surface area (Å²) in [6.07, 6.45) is -0.716. The van der Waals surface area contributed by atoms with Crippen molar-refractivity contribution >= 4 is 23.8 Å². The van der Waals surface area contributed by atoms with E-state index in [9.17, 15) is 14.7 Å². The van der Waals surface area contributed by atoms with Crippen LogP contribution in [0.25, 0.3) is 11.1 Å². The first-order valence-corrected chi connectivity index (χ1v) is 11.6. The fourth-order valence-electron chi connectivity index (χ4n) is 4.05. The maximum atomic E-state index is 12.5. The molecule has 0 bridgehead atoms. The molecule has 3 aromatic carbocycles. The van der Waals surface area contributed by atoms with Gasteiger partial charge in [0.25, 0.3) is 0 Å². The number of carbonyl (C=O) groups is 2. The quantitative estimate of drug-likeness (QED) is 0.490. The predicted octanol–water partition coefficient (Wildman–Crippen LogP) is 5.30. The number of ether oxygens (including phenoxy) is 1. The summed E-state index contributed by atoms with van der Waals surface area (Å²) in [5.41, 5.74) is 5.62. The lowest BCUT2D eigenvalue weighted by Crippen LogP contribution is -2.47. The van der Waals surface area contributed by atoms with Gasteiger partial charge in [0, 0.05) is 16.9 Å². The highest BCUT2D eigenvalue weighted by atomic mass is 32.2. The summed E-state index contributed by atoms with van der Waals surface area (Å²) in [7, 11) is 0. The predicted molar refractivity (Wildman–Crippen MR) is 127 cm³/mol. The fraction of sp³-hybridized carbons (Fsp3) is 0.231. The van der Waals surface area contributed by atoms with E-state index in [1.165, 1.54) is 11.8 Å². The molecule has 2 atom stereocenters. The molecule has 0 saturated heterocycles. The number of thioether (sulfide) groups is 1. The van der Waals surface area contributed by atoms with E-state index in [2.05, 4.69) is 17.4 Å². The molecule has 5 nitrogen and oxygen atoms in total. The van der Waals surface area contributed by atoms with Crippen LogP contribution in [0.2, 0.25) is 0 Å². The number of fused-ring (bicyclic) bond motifs is 3. The molecule has 0 aromatic heterocycles. The van der Waals surface area contributed by atoms with Gasteiger partial charge in [0.05, 0.1) is 0 Å². The summed E-state index contributed by atoms with van der Waals surface area (Å²) in [6.45, 7) is 1.95. The molecule has 0 radical (unpaired) electrons. The van der Waals surface area contributed by atoms with E-state index in [0.29, 0.717) is 5.75 Å². The number of nitrogens with one attached hydrogen (secondary N) is 1. The molecule has 1 amide bonds. The average Bonchev–Trinajstić information content (AvgIpc) is 3.14. The van der Waals surface area contributed by atoms with Crippen molar-refractivity contribution in [2.75, 3.05) is 6.61 Å². The van der Waals surface area contributed by atoms with Crippen molar-refractivity contribution in [1.82, 2.24) is 5.32 Å². The minimum absolute atomic E-state index is 0.0682. The minimum atomic E-state index is -1.08. The Hall–Kier alpha value is -3.25. The van der Waals surface area contributed by atoms with Gasteiger partial charge < -0.3 is 15.2 Å². The van der Waals surface area contributed by atoms with Gasteiger partial charge in [0.2, 0.25) is 0 Å². The van der Waals surface area contributed by atoms with E-state index in [-0.39, 0.29) is 17.8 Å². The number of carboxylic acids is 1. The van der Waals surface area contributed by atoms with E-state index < -0.39 is 18.1 Å². The first-order chi connectivity index (χ1) is 15.5. The van der Waals surface area contributed by atoms with Crippen LogP contribution in [0.15, 0.2) is 78.9 Å². The second-order valence-corrected chi connectivity index (χ2v) is 9.15. The summed E-state index contributed by atoms with van der Waals surface area (Å²) < 4.78 is 5.51. The Balaban J connectivity index is 1.37. The molecule has 0 aliphatic heterocycles. The molecule has 0 saturated carbocycles. The van der Waals surface area contributed by atoms with Crippen LogP contribution in [-0.2, 0) is 15.3 Å². The Morgan fingerprint density at radius 3 is 2.09 bits per heavy atom. The molecule has 2 N–H and O–H groups in total. The van der Waals surface area contributed by atoms with Crippen LogP contribution in [0.3, 0.4) is 0 Å². The van der Waals surface area contributed by atoms with Gasteiger partial charge in [-0.3, -0.25) is 0 Å². The molecule has 32 heavy (non-hydrogen) atoms. The number of rotatable bonds is 8. The highest BCUT2D eigenvalue weighted by Gasteiger charge is 2.31. The summed E-state index contributed by atoms with van der Waals surface area (Å²) >= 11 is 1.48. The van der Waals surface area contributed by atoms with E-state index >= 15 is 0 Å². The van der Waals surface area contributed by atoms with Crippen LogP contribution in [0, 0.1) is 0 Å². The lowest BCUT2D eigenvalue weighted by Gasteiger charge is -2.22. The smallest absolute Gasteiger partial charge is 0.407 e. The number of carboxylic acid groups (broad SMARTS) is 1. The monoisotopic (exact) mass is 447 g/mol. The zero-order valence-electron chi connectivity index (χ0n) is 17.7. The van der Waals surface area contributed by atoms with Crippen molar-refractivity contribution in [3.8, 4) is 11.1 Å². The maximum absolute atomic E-state index is 12.5. The third kappa shape index (κ3) is 4.81. The van der Waals surface area contributed by atoms with Gasteiger partial charge in [-0.05, 0) is 27.8 Å². The number of benzene rings is 3. The summed E-state index contributed by atoms with van der Waals surface area (Å²) in [6, 6.07) is 25.0. The Kier molecular flexibility index (Phi) is 6.81. The fourth-order valence-corrected chi connectivity index (χ4v) is 5.07. The highest BCUT2D eigenvalue weighted by molar-refractivity contribution is 7.99. The van der Waals surface area contributed by atoms with Gasteiger partial charge in [0.15, 0.2) is 0 Å². The van der Waals surface area contributed by atoms with Crippen LogP contribution >= 0.6 is 11.8 Å². The minimum Gasteiger partial charge on any atom is -0.480 e. The Labute approximate surface area is 191 Å².